The average Bonchev–Trinajstić information content (AvgIpc) is 3.24. The van der Waals surface area contributed by atoms with E-state index in [1.54, 1.807) is 11.3 Å². The number of thiophene rings is 1. The molecule has 0 radical (unpaired) electrons. The minimum Gasteiger partial charge on any atom is -0.311 e. The fourth-order valence-corrected chi connectivity index (χ4v) is 4.37. The Bertz CT molecular complexity index is 1150. The molecule has 0 saturated heterocycles. The molecule has 134 valence electrons. The van der Waals surface area contributed by atoms with Crippen LogP contribution in [-0.2, 0) is 0 Å². The fourth-order valence-electron chi connectivity index (χ4n) is 3.54. The highest BCUT2D eigenvalue weighted by Gasteiger charge is 2.12. The molecule has 5 rings (SSSR count). The van der Waals surface area contributed by atoms with Crippen molar-refractivity contribution in [3.8, 4) is 11.1 Å². The van der Waals surface area contributed by atoms with E-state index in [9.17, 15) is 0 Å². The van der Waals surface area contributed by atoms with Crippen LogP contribution in [0, 0.1) is 0 Å². The highest BCUT2D eigenvalue weighted by molar-refractivity contribution is 7.17. The SMILES string of the molecule is c1ccc(N(c2ccccc2)c2ccc(-c3ccc4ccsc4c3)cc2)cc1. The molecule has 0 amide bonds. The van der Waals surface area contributed by atoms with Gasteiger partial charge in [0.25, 0.3) is 0 Å². The largest absolute Gasteiger partial charge is 0.311 e. The van der Waals surface area contributed by atoms with E-state index in [0.29, 0.717) is 0 Å². The zero-order chi connectivity index (χ0) is 18.8. The molecule has 0 spiro atoms. The third kappa shape index (κ3) is 3.19. The predicted octanol–water partition coefficient (Wildman–Crippen LogP) is 8.04. The molecule has 28 heavy (non-hydrogen) atoms. The minimum atomic E-state index is 1.15. The molecule has 1 nitrogen and oxygen atoms in total. The number of hydrogen-bond acceptors (Lipinski definition) is 2. The van der Waals surface area contributed by atoms with Crippen molar-refractivity contribution in [3.05, 3.63) is 115 Å². The summed E-state index contributed by atoms with van der Waals surface area (Å²) in [5, 5.41) is 3.46. The molecule has 0 unspecified atom stereocenters. The van der Waals surface area contributed by atoms with E-state index in [2.05, 4.69) is 119 Å². The van der Waals surface area contributed by atoms with Gasteiger partial charge in [-0.05, 0) is 70.4 Å². The molecular weight excluding hydrogens is 358 g/mol. The van der Waals surface area contributed by atoms with Gasteiger partial charge in [0, 0.05) is 21.8 Å². The highest BCUT2D eigenvalue weighted by Crippen LogP contribution is 2.35. The summed E-state index contributed by atoms with van der Waals surface area (Å²) >= 11 is 1.79. The van der Waals surface area contributed by atoms with Crippen molar-refractivity contribution in [1.82, 2.24) is 0 Å². The summed E-state index contributed by atoms with van der Waals surface area (Å²) in [6.45, 7) is 0. The predicted molar refractivity (Wildman–Crippen MR) is 122 cm³/mol. The zero-order valence-corrected chi connectivity index (χ0v) is 16.1. The highest BCUT2D eigenvalue weighted by atomic mass is 32.1. The smallest absolute Gasteiger partial charge is 0.0462 e. The van der Waals surface area contributed by atoms with Crippen LogP contribution in [0.4, 0.5) is 17.1 Å². The first kappa shape index (κ1) is 16.8. The second-order valence-electron chi connectivity index (χ2n) is 6.73. The van der Waals surface area contributed by atoms with Gasteiger partial charge in [-0.2, -0.15) is 0 Å². The Morgan fingerprint density at radius 2 is 1.07 bits per heavy atom. The molecule has 0 saturated carbocycles. The molecule has 2 heteroatoms. The number of para-hydroxylation sites is 2. The Labute approximate surface area is 169 Å². The van der Waals surface area contributed by atoms with Crippen molar-refractivity contribution >= 4 is 38.5 Å². The summed E-state index contributed by atoms with van der Waals surface area (Å²) in [6, 6.07) is 38.7. The maximum atomic E-state index is 2.28. The Hall–Kier alpha value is -3.36. The molecule has 5 aromatic rings. The summed E-state index contributed by atoms with van der Waals surface area (Å²) in [6.07, 6.45) is 0. The monoisotopic (exact) mass is 377 g/mol. The van der Waals surface area contributed by atoms with E-state index in [-0.39, 0.29) is 0 Å². The Morgan fingerprint density at radius 1 is 0.500 bits per heavy atom. The van der Waals surface area contributed by atoms with E-state index in [4.69, 9.17) is 0 Å². The lowest BCUT2D eigenvalue weighted by molar-refractivity contribution is 1.28. The molecule has 1 aromatic heterocycles. The van der Waals surface area contributed by atoms with Crippen molar-refractivity contribution in [1.29, 1.82) is 0 Å². The third-order valence-corrected chi connectivity index (χ3v) is 5.82. The van der Waals surface area contributed by atoms with Crippen molar-refractivity contribution < 1.29 is 0 Å². The molecule has 1 heterocycles. The number of benzene rings is 4. The van der Waals surface area contributed by atoms with Gasteiger partial charge in [-0.15, -0.1) is 11.3 Å². The van der Waals surface area contributed by atoms with Crippen LogP contribution in [0.1, 0.15) is 0 Å². The first-order chi connectivity index (χ1) is 13.9. The summed E-state index contributed by atoms with van der Waals surface area (Å²) in [5.41, 5.74) is 5.95. The number of nitrogens with zero attached hydrogens (tertiary/aromatic N) is 1. The van der Waals surface area contributed by atoms with Crippen LogP contribution >= 0.6 is 11.3 Å². The van der Waals surface area contributed by atoms with Gasteiger partial charge in [0.05, 0.1) is 0 Å². The molecule has 0 fully saturated rings. The van der Waals surface area contributed by atoms with E-state index in [1.165, 1.54) is 21.2 Å². The average molecular weight is 378 g/mol. The second kappa shape index (κ2) is 7.34. The van der Waals surface area contributed by atoms with Gasteiger partial charge in [0.1, 0.15) is 0 Å². The van der Waals surface area contributed by atoms with E-state index in [0.717, 1.165) is 17.1 Å². The van der Waals surface area contributed by atoms with Crippen LogP contribution in [0.3, 0.4) is 0 Å². The second-order valence-corrected chi connectivity index (χ2v) is 7.67. The first-order valence-corrected chi connectivity index (χ1v) is 10.2. The lowest BCUT2D eigenvalue weighted by Gasteiger charge is -2.25. The van der Waals surface area contributed by atoms with Crippen LogP contribution in [0.5, 0.6) is 0 Å². The molecule has 0 bridgehead atoms. The maximum Gasteiger partial charge on any atom is 0.0462 e. The van der Waals surface area contributed by atoms with Gasteiger partial charge >= 0.3 is 0 Å². The quantitative estimate of drug-likeness (QED) is 0.306. The van der Waals surface area contributed by atoms with Crippen molar-refractivity contribution in [2.75, 3.05) is 4.90 Å². The maximum absolute atomic E-state index is 2.28. The normalized spacial score (nSPS) is 10.9. The summed E-state index contributed by atoms with van der Waals surface area (Å²) < 4.78 is 1.33. The standard InChI is InChI=1S/C26H19NS/c1-3-7-23(8-4-1)27(24-9-5-2-6-10-24)25-15-13-20(14-16-25)22-12-11-21-17-18-28-26(21)19-22/h1-19H. The molecule has 0 aliphatic heterocycles. The van der Waals surface area contributed by atoms with Gasteiger partial charge in [-0.1, -0.05) is 60.7 Å². The Kier molecular flexibility index (Phi) is 4.40. The van der Waals surface area contributed by atoms with Crippen molar-refractivity contribution in [2.45, 2.75) is 0 Å². The van der Waals surface area contributed by atoms with Crippen molar-refractivity contribution in [3.63, 3.8) is 0 Å². The van der Waals surface area contributed by atoms with Crippen LogP contribution < -0.4 is 4.90 Å². The minimum absolute atomic E-state index is 1.15. The van der Waals surface area contributed by atoms with E-state index >= 15 is 0 Å². The van der Waals surface area contributed by atoms with Crippen molar-refractivity contribution in [2.24, 2.45) is 0 Å². The third-order valence-electron chi connectivity index (χ3n) is 4.94. The van der Waals surface area contributed by atoms with E-state index < -0.39 is 0 Å². The number of anilines is 3. The van der Waals surface area contributed by atoms with Gasteiger partial charge < -0.3 is 4.90 Å². The summed E-state index contributed by atoms with van der Waals surface area (Å²) in [7, 11) is 0. The van der Waals surface area contributed by atoms with Gasteiger partial charge in [-0.3, -0.25) is 0 Å². The van der Waals surface area contributed by atoms with Crippen LogP contribution in [0.25, 0.3) is 21.2 Å². The Morgan fingerprint density at radius 3 is 1.71 bits per heavy atom. The fraction of sp³-hybridized carbons (Fsp3) is 0. The molecular formula is C26H19NS. The number of rotatable bonds is 4. The van der Waals surface area contributed by atoms with E-state index in [1.807, 2.05) is 0 Å². The summed E-state index contributed by atoms with van der Waals surface area (Å²) in [5.74, 6) is 0. The number of hydrogen-bond donors (Lipinski definition) is 0. The number of fused-ring (bicyclic) bond motifs is 1. The van der Waals surface area contributed by atoms with Gasteiger partial charge in [0.2, 0.25) is 0 Å². The van der Waals surface area contributed by atoms with Gasteiger partial charge in [0.15, 0.2) is 0 Å². The first-order valence-electron chi connectivity index (χ1n) is 9.36. The van der Waals surface area contributed by atoms with Crippen LogP contribution in [0.2, 0.25) is 0 Å². The van der Waals surface area contributed by atoms with Gasteiger partial charge in [-0.25, -0.2) is 0 Å². The lowest BCUT2D eigenvalue weighted by atomic mass is 10.0. The van der Waals surface area contributed by atoms with Crippen LogP contribution in [0.15, 0.2) is 115 Å². The Balaban J connectivity index is 1.55. The lowest BCUT2D eigenvalue weighted by Crippen LogP contribution is -2.09. The molecule has 0 aliphatic carbocycles. The van der Waals surface area contributed by atoms with Crippen LogP contribution in [-0.4, -0.2) is 0 Å². The molecule has 0 atom stereocenters. The summed E-state index contributed by atoms with van der Waals surface area (Å²) in [4.78, 5) is 2.28. The molecule has 4 aromatic carbocycles. The zero-order valence-electron chi connectivity index (χ0n) is 15.3. The topological polar surface area (TPSA) is 3.24 Å². The molecule has 0 aliphatic rings. The molecule has 0 N–H and O–H groups in total.